The first-order valence-electron chi connectivity index (χ1n) is 6.26. The first-order valence-corrected chi connectivity index (χ1v) is 6.26. The first kappa shape index (κ1) is 12.7. The molecule has 2 amide bonds. The quantitative estimate of drug-likeness (QED) is 0.439. The minimum atomic E-state index is -0.776. The van der Waals surface area contributed by atoms with Crippen LogP contribution in [0.25, 0.3) is 0 Å². The number of nitrogens with one attached hydrogen (secondary N) is 2. The van der Waals surface area contributed by atoms with E-state index in [1.54, 1.807) is 0 Å². The lowest BCUT2D eigenvalue weighted by molar-refractivity contribution is -0.139. The third kappa shape index (κ3) is 3.65. The Morgan fingerprint density at radius 1 is 0.833 bits per heavy atom. The molecule has 0 spiro atoms. The predicted molar refractivity (Wildman–Crippen MR) is 68.0 cm³/mol. The monoisotopic (exact) mass is 250 g/mol. The Balaban J connectivity index is 1.75. The number of hydrazone groups is 2. The molecule has 2 N–H and O–H groups in total. The van der Waals surface area contributed by atoms with Gasteiger partial charge in [-0.3, -0.25) is 9.59 Å². The van der Waals surface area contributed by atoms with E-state index in [0.29, 0.717) is 11.8 Å². The van der Waals surface area contributed by atoms with Gasteiger partial charge in [0, 0.05) is 11.4 Å². The van der Waals surface area contributed by atoms with Crippen LogP contribution in [0, 0.1) is 11.8 Å². The molecular weight excluding hydrogens is 232 g/mol. The number of rotatable bonds is 4. The minimum Gasteiger partial charge on any atom is -0.262 e. The van der Waals surface area contributed by atoms with Crippen LogP contribution in [0.1, 0.15) is 39.5 Å². The topological polar surface area (TPSA) is 82.9 Å². The number of carbonyl (C=O) groups is 2. The van der Waals surface area contributed by atoms with Gasteiger partial charge in [-0.2, -0.15) is 10.2 Å². The van der Waals surface area contributed by atoms with E-state index in [4.69, 9.17) is 0 Å². The van der Waals surface area contributed by atoms with E-state index >= 15 is 0 Å². The molecule has 2 rings (SSSR count). The fourth-order valence-corrected chi connectivity index (χ4v) is 1.56. The summed E-state index contributed by atoms with van der Waals surface area (Å²) in [6, 6.07) is 0. The molecule has 18 heavy (non-hydrogen) atoms. The Morgan fingerprint density at radius 2 is 1.17 bits per heavy atom. The molecule has 2 aliphatic carbocycles. The van der Waals surface area contributed by atoms with Crippen molar-refractivity contribution >= 4 is 23.2 Å². The van der Waals surface area contributed by atoms with E-state index < -0.39 is 11.8 Å². The largest absolute Gasteiger partial charge is 0.331 e. The summed E-state index contributed by atoms with van der Waals surface area (Å²) in [6.45, 7) is 3.70. The molecule has 0 aromatic rings. The number of hydrogen-bond donors (Lipinski definition) is 2. The molecule has 0 saturated heterocycles. The van der Waals surface area contributed by atoms with Crippen LogP contribution in [-0.4, -0.2) is 23.2 Å². The summed E-state index contributed by atoms with van der Waals surface area (Å²) in [4.78, 5) is 22.8. The molecule has 2 aliphatic rings. The van der Waals surface area contributed by atoms with Crippen LogP contribution in [0.2, 0.25) is 0 Å². The Morgan fingerprint density at radius 3 is 1.44 bits per heavy atom. The van der Waals surface area contributed by atoms with Gasteiger partial charge in [-0.15, -0.1) is 0 Å². The number of carbonyl (C=O) groups excluding carboxylic acids is 2. The zero-order chi connectivity index (χ0) is 13.1. The van der Waals surface area contributed by atoms with Crippen LogP contribution < -0.4 is 10.9 Å². The molecule has 98 valence electrons. The van der Waals surface area contributed by atoms with E-state index in [9.17, 15) is 9.59 Å². The summed E-state index contributed by atoms with van der Waals surface area (Å²) in [5, 5.41) is 7.78. The van der Waals surface area contributed by atoms with Crippen LogP contribution in [0.4, 0.5) is 0 Å². The van der Waals surface area contributed by atoms with Crippen LogP contribution >= 0.6 is 0 Å². The standard InChI is InChI=1S/C12H18N4O2/c1-7(9-3-4-9)13-15-11(17)12(18)16-14-8(2)10-5-6-10/h9-10H,3-6H2,1-2H3,(H,15,17)(H,16,18)/b13-7-,14-8-. The molecule has 0 aromatic carbocycles. The number of amides is 2. The second kappa shape index (κ2) is 5.29. The molecule has 0 bridgehead atoms. The number of nitrogens with zero attached hydrogens (tertiary/aromatic N) is 2. The van der Waals surface area contributed by atoms with Crippen molar-refractivity contribution in [2.24, 2.45) is 22.0 Å². The predicted octanol–water partition coefficient (Wildman–Crippen LogP) is 0.791. The van der Waals surface area contributed by atoms with Crippen LogP contribution in [0.15, 0.2) is 10.2 Å². The zero-order valence-corrected chi connectivity index (χ0v) is 10.7. The van der Waals surface area contributed by atoms with Crippen molar-refractivity contribution in [1.29, 1.82) is 0 Å². The average Bonchev–Trinajstić information content (AvgIpc) is 3.19. The first-order chi connectivity index (χ1) is 8.58. The third-order valence-corrected chi connectivity index (χ3v) is 3.21. The van der Waals surface area contributed by atoms with Crippen molar-refractivity contribution in [2.45, 2.75) is 39.5 Å². The highest BCUT2D eigenvalue weighted by molar-refractivity contribution is 6.35. The van der Waals surface area contributed by atoms with Crippen molar-refractivity contribution in [3.05, 3.63) is 0 Å². The van der Waals surface area contributed by atoms with E-state index in [2.05, 4.69) is 21.1 Å². The van der Waals surface area contributed by atoms with E-state index in [0.717, 1.165) is 37.1 Å². The smallest absolute Gasteiger partial charge is 0.262 e. The molecule has 0 aliphatic heterocycles. The van der Waals surface area contributed by atoms with Crippen molar-refractivity contribution in [3.8, 4) is 0 Å². The molecule has 0 aromatic heterocycles. The molecule has 0 heterocycles. The van der Waals surface area contributed by atoms with Gasteiger partial charge in [-0.25, -0.2) is 10.9 Å². The third-order valence-electron chi connectivity index (χ3n) is 3.21. The summed E-state index contributed by atoms with van der Waals surface area (Å²) >= 11 is 0. The van der Waals surface area contributed by atoms with Crippen molar-refractivity contribution in [2.75, 3.05) is 0 Å². The van der Waals surface area contributed by atoms with Gasteiger partial charge < -0.3 is 0 Å². The van der Waals surface area contributed by atoms with Gasteiger partial charge in [-0.1, -0.05) is 0 Å². The van der Waals surface area contributed by atoms with Crippen LogP contribution in [0.3, 0.4) is 0 Å². The van der Waals surface area contributed by atoms with Crippen LogP contribution in [0.5, 0.6) is 0 Å². The Hall–Kier alpha value is -1.72. The molecule has 6 nitrogen and oxygen atoms in total. The maximum Gasteiger partial charge on any atom is 0.331 e. The average molecular weight is 250 g/mol. The zero-order valence-electron chi connectivity index (χ0n) is 10.7. The summed E-state index contributed by atoms with van der Waals surface area (Å²) in [6.07, 6.45) is 4.45. The molecule has 0 atom stereocenters. The summed E-state index contributed by atoms with van der Waals surface area (Å²) in [7, 11) is 0. The van der Waals surface area contributed by atoms with Gasteiger partial charge >= 0.3 is 11.8 Å². The molecule has 2 fully saturated rings. The van der Waals surface area contributed by atoms with Gasteiger partial charge in [0.15, 0.2) is 0 Å². The lowest BCUT2D eigenvalue weighted by atomic mass is 10.3. The molecule has 6 heteroatoms. The lowest BCUT2D eigenvalue weighted by Gasteiger charge is -2.01. The fraction of sp³-hybridized carbons (Fsp3) is 0.667. The van der Waals surface area contributed by atoms with Crippen molar-refractivity contribution in [1.82, 2.24) is 10.9 Å². The summed E-state index contributed by atoms with van der Waals surface area (Å²) in [5.74, 6) is -0.600. The maximum absolute atomic E-state index is 11.4. The second-order valence-corrected chi connectivity index (χ2v) is 4.94. The molecule has 0 radical (unpaired) electrons. The SMILES string of the molecule is C/C(=N/NC(=O)C(=O)N/N=C(/C)C1CC1)C1CC1. The van der Waals surface area contributed by atoms with E-state index in [-0.39, 0.29) is 0 Å². The summed E-state index contributed by atoms with van der Waals surface area (Å²) < 4.78 is 0. The Labute approximate surface area is 106 Å². The van der Waals surface area contributed by atoms with Gasteiger partial charge in [0.2, 0.25) is 0 Å². The fourth-order valence-electron chi connectivity index (χ4n) is 1.56. The van der Waals surface area contributed by atoms with E-state index in [1.807, 2.05) is 13.8 Å². The Bertz CT molecular complexity index is 380. The maximum atomic E-state index is 11.4. The summed E-state index contributed by atoms with van der Waals surface area (Å²) in [5.41, 5.74) is 6.22. The lowest BCUT2D eigenvalue weighted by Crippen LogP contribution is -2.36. The van der Waals surface area contributed by atoms with Gasteiger partial charge in [0.25, 0.3) is 0 Å². The van der Waals surface area contributed by atoms with Gasteiger partial charge in [0.05, 0.1) is 0 Å². The van der Waals surface area contributed by atoms with Gasteiger partial charge in [-0.05, 0) is 51.4 Å². The highest BCUT2D eigenvalue weighted by Gasteiger charge is 2.26. The van der Waals surface area contributed by atoms with Crippen molar-refractivity contribution in [3.63, 3.8) is 0 Å². The minimum absolute atomic E-state index is 0.475. The van der Waals surface area contributed by atoms with Crippen molar-refractivity contribution < 1.29 is 9.59 Å². The van der Waals surface area contributed by atoms with Gasteiger partial charge in [0.1, 0.15) is 0 Å². The molecular formula is C12H18N4O2. The highest BCUT2D eigenvalue weighted by atomic mass is 16.2. The number of hydrogen-bond acceptors (Lipinski definition) is 4. The molecule has 0 unspecified atom stereocenters. The second-order valence-electron chi connectivity index (χ2n) is 4.94. The molecule has 2 saturated carbocycles. The van der Waals surface area contributed by atoms with Crippen LogP contribution in [-0.2, 0) is 9.59 Å². The van der Waals surface area contributed by atoms with E-state index in [1.165, 1.54) is 0 Å². The Kier molecular flexibility index (Phi) is 3.74. The highest BCUT2D eigenvalue weighted by Crippen LogP contribution is 2.30. The normalized spacial score (nSPS) is 20.6.